The molecular weight excluding hydrogens is 456 g/mol. The number of carbonyl (C=O) groups is 4. The first-order valence-corrected chi connectivity index (χ1v) is 10.9. The Hall–Kier alpha value is -3.78. The molecule has 1 rings (SSSR count). The lowest BCUT2D eigenvalue weighted by Crippen LogP contribution is -2.40. The van der Waals surface area contributed by atoms with Crippen LogP contribution in [0.15, 0.2) is 18.2 Å². The van der Waals surface area contributed by atoms with Crippen LogP contribution in [0.2, 0.25) is 0 Å². The molecule has 1 aromatic carbocycles. The van der Waals surface area contributed by atoms with Gasteiger partial charge in [0.15, 0.2) is 0 Å². The molecule has 1 aromatic rings. The third-order valence-corrected chi connectivity index (χ3v) is 4.42. The monoisotopic (exact) mass is 490 g/mol. The molecule has 11 heteroatoms. The van der Waals surface area contributed by atoms with E-state index in [-0.39, 0.29) is 39.5 Å². The zero-order chi connectivity index (χ0) is 26.4. The first-order chi connectivity index (χ1) is 16.5. The van der Waals surface area contributed by atoms with Gasteiger partial charge >= 0.3 is 12.2 Å². The van der Waals surface area contributed by atoms with Gasteiger partial charge in [-0.05, 0) is 44.0 Å². The molecule has 0 aliphatic heterocycles. The van der Waals surface area contributed by atoms with E-state index in [1.54, 1.807) is 53.1 Å². The highest BCUT2D eigenvalue weighted by molar-refractivity contribution is 5.93. The average molecular weight is 491 g/mol. The normalized spacial score (nSPS) is 10.5. The molecule has 0 aliphatic carbocycles. The van der Waals surface area contributed by atoms with Crippen molar-refractivity contribution in [2.24, 2.45) is 0 Å². The molecule has 192 valence electrons. The number of nitrogens with zero attached hydrogens (tertiary/aromatic N) is 2. The Morgan fingerprint density at radius 1 is 1.06 bits per heavy atom. The van der Waals surface area contributed by atoms with E-state index in [1.807, 2.05) is 0 Å². The standard InChI is InChI=1S/C24H34N4O7/c1-7-12-33-15-19-13-20(26-21(30)14-25-17-29)9-8-18(19)16-34-22(31)27(5)10-11-28(6)23(32)35-24(2,3)4/h1,8-9,13,17H,10-12,14-16H2,2-6H3,(H,25,29)(H,26,30). The zero-order valence-corrected chi connectivity index (χ0v) is 20.9. The van der Waals surface area contributed by atoms with E-state index < -0.39 is 23.7 Å². The summed E-state index contributed by atoms with van der Waals surface area (Å²) in [5, 5.41) is 4.94. The Labute approximate surface area is 206 Å². The summed E-state index contributed by atoms with van der Waals surface area (Å²) in [6.07, 6.45) is 4.61. The van der Waals surface area contributed by atoms with E-state index in [1.165, 1.54) is 9.80 Å². The molecular formula is C24H34N4O7. The van der Waals surface area contributed by atoms with Gasteiger partial charge in [-0.15, -0.1) is 6.42 Å². The fourth-order valence-corrected chi connectivity index (χ4v) is 2.61. The fourth-order valence-electron chi connectivity index (χ4n) is 2.61. The number of carbonyl (C=O) groups excluding carboxylic acids is 4. The van der Waals surface area contributed by atoms with Crippen molar-refractivity contribution in [1.82, 2.24) is 15.1 Å². The molecule has 0 radical (unpaired) electrons. The highest BCUT2D eigenvalue weighted by Crippen LogP contribution is 2.19. The number of anilines is 1. The second-order valence-electron chi connectivity index (χ2n) is 8.61. The van der Waals surface area contributed by atoms with Gasteiger partial charge in [-0.25, -0.2) is 9.59 Å². The third-order valence-electron chi connectivity index (χ3n) is 4.42. The van der Waals surface area contributed by atoms with Gasteiger partial charge in [0.05, 0.1) is 13.2 Å². The number of ether oxygens (including phenoxy) is 3. The summed E-state index contributed by atoms with van der Waals surface area (Å²) in [5.74, 6) is 1.98. The predicted molar refractivity (Wildman–Crippen MR) is 129 cm³/mol. The van der Waals surface area contributed by atoms with E-state index in [4.69, 9.17) is 20.6 Å². The van der Waals surface area contributed by atoms with Crippen LogP contribution in [0.4, 0.5) is 15.3 Å². The van der Waals surface area contributed by atoms with Crippen LogP contribution < -0.4 is 10.6 Å². The predicted octanol–water partition coefficient (Wildman–Crippen LogP) is 1.96. The van der Waals surface area contributed by atoms with Crippen LogP contribution in [0.3, 0.4) is 0 Å². The number of benzene rings is 1. The number of amides is 4. The quantitative estimate of drug-likeness (QED) is 0.261. The number of terminal acetylenes is 1. The Bertz CT molecular complexity index is 921. The SMILES string of the molecule is C#CCOCc1cc(NC(=O)CNC=O)ccc1COC(=O)N(C)CCN(C)C(=O)OC(C)(C)C. The maximum Gasteiger partial charge on any atom is 0.410 e. The zero-order valence-electron chi connectivity index (χ0n) is 20.9. The van der Waals surface area contributed by atoms with Crippen molar-refractivity contribution < 1.29 is 33.4 Å². The Kier molecular flexibility index (Phi) is 12.1. The van der Waals surface area contributed by atoms with Gasteiger partial charge in [0.25, 0.3) is 0 Å². The van der Waals surface area contributed by atoms with E-state index in [9.17, 15) is 19.2 Å². The number of rotatable bonds is 12. The molecule has 4 amide bonds. The number of likely N-dealkylation sites (N-methyl/N-ethyl adjacent to an activating group) is 2. The Morgan fingerprint density at radius 3 is 2.31 bits per heavy atom. The highest BCUT2D eigenvalue weighted by Gasteiger charge is 2.20. The summed E-state index contributed by atoms with van der Waals surface area (Å²) in [7, 11) is 3.15. The van der Waals surface area contributed by atoms with Crippen molar-refractivity contribution >= 4 is 30.2 Å². The molecule has 0 saturated carbocycles. The second kappa shape index (κ2) is 14.5. The first-order valence-electron chi connectivity index (χ1n) is 10.9. The minimum atomic E-state index is -0.609. The van der Waals surface area contributed by atoms with Crippen molar-refractivity contribution in [1.29, 1.82) is 0 Å². The molecule has 0 aromatic heterocycles. The van der Waals surface area contributed by atoms with E-state index in [0.717, 1.165) is 0 Å². The maximum absolute atomic E-state index is 12.4. The van der Waals surface area contributed by atoms with Crippen molar-refractivity contribution in [2.75, 3.05) is 45.7 Å². The summed E-state index contributed by atoms with van der Waals surface area (Å²) in [6, 6.07) is 5.02. The molecule has 0 unspecified atom stereocenters. The lowest BCUT2D eigenvalue weighted by molar-refractivity contribution is -0.118. The highest BCUT2D eigenvalue weighted by atomic mass is 16.6. The molecule has 0 atom stereocenters. The summed E-state index contributed by atoms with van der Waals surface area (Å²) in [4.78, 5) is 49.4. The largest absolute Gasteiger partial charge is 0.445 e. The molecule has 2 N–H and O–H groups in total. The van der Waals surface area contributed by atoms with Crippen LogP contribution in [-0.4, -0.2) is 80.2 Å². The van der Waals surface area contributed by atoms with Gasteiger partial charge in [0, 0.05) is 32.9 Å². The molecule has 11 nitrogen and oxygen atoms in total. The maximum atomic E-state index is 12.4. The number of hydrogen-bond donors (Lipinski definition) is 2. The minimum Gasteiger partial charge on any atom is -0.445 e. The van der Waals surface area contributed by atoms with Crippen molar-refractivity contribution in [3.8, 4) is 12.3 Å². The van der Waals surface area contributed by atoms with Crippen molar-refractivity contribution in [3.63, 3.8) is 0 Å². The number of hydrogen-bond acceptors (Lipinski definition) is 7. The molecule has 0 spiro atoms. The first kappa shape index (κ1) is 29.3. The molecule has 0 heterocycles. The van der Waals surface area contributed by atoms with Gasteiger partial charge in [-0.3, -0.25) is 9.59 Å². The van der Waals surface area contributed by atoms with Crippen molar-refractivity contribution in [2.45, 2.75) is 39.6 Å². The van der Waals surface area contributed by atoms with Gasteiger partial charge in [0.1, 0.15) is 18.8 Å². The summed E-state index contributed by atoms with van der Waals surface area (Å²) in [5.41, 5.74) is 1.21. The topological polar surface area (TPSA) is 127 Å². The molecule has 0 aliphatic rings. The molecule has 0 fully saturated rings. The van der Waals surface area contributed by atoms with Gasteiger partial charge in [0.2, 0.25) is 12.3 Å². The number of nitrogens with one attached hydrogen (secondary N) is 2. The summed E-state index contributed by atoms with van der Waals surface area (Å²) < 4.78 is 16.1. The van der Waals surface area contributed by atoms with Gasteiger partial charge in [-0.2, -0.15) is 0 Å². The van der Waals surface area contributed by atoms with Crippen LogP contribution in [0.5, 0.6) is 0 Å². The fraction of sp³-hybridized carbons (Fsp3) is 0.500. The summed E-state index contributed by atoms with van der Waals surface area (Å²) in [6.45, 7) is 5.86. The van der Waals surface area contributed by atoms with Crippen LogP contribution >= 0.6 is 0 Å². The summed E-state index contributed by atoms with van der Waals surface area (Å²) >= 11 is 0. The third kappa shape index (κ3) is 11.8. The van der Waals surface area contributed by atoms with Gasteiger partial charge in [-0.1, -0.05) is 12.0 Å². The van der Waals surface area contributed by atoms with E-state index >= 15 is 0 Å². The molecule has 0 saturated heterocycles. The van der Waals surface area contributed by atoms with Gasteiger partial charge < -0.3 is 34.6 Å². The van der Waals surface area contributed by atoms with Crippen molar-refractivity contribution in [3.05, 3.63) is 29.3 Å². The lowest BCUT2D eigenvalue weighted by atomic mass is 10.1. The molecule has 0 bridgehead atoms. The van der Waals surface area contributed by atoms with E-state index in [0.29, 0.717) is 23.2 Å². The van der Waals surface area contributed by atoms with Crippen LogP contribution in [0.1, 0.15) is 31.9 Å². The minimum absolute atomic E-state index is 0.0409. The second-order valence-corrected chi connectivity index (χ2v) is 8.61. The molecule has 35 heavy (non-hydrogen) atoms. The Balaban J connectivity index is 2.71. The lowest BCUT2D eigenvalue weighted by Gasteiger charge is -2.26. The van der Waals surface area contributed by atoms with Crippen LogP contribution in [0, 0.1) is 12.3 Å². The smallest absolute Gasteiger partial charge is 0.410 e. The van der Waals surface area contributed by atoms with E-state index in [2.05, 4.69) is 16.6 Å². The Morgan fingerprint density at radius 2 is 1.71 bits per heavy atom. The van der Waals surface area contributed by atoms with Crippen LogP contribution in [-0.2, 0) is 37.0 Å². The average Bonchev–Trinajstić information content (AvgIpc) is 2.79. The van der Waals surface area contributed by atoms with Crippen LogP contribution in [0.25, 0.3) is 0 Å².